The number of benzene rings is 1. The van der Waals surface area contributed by atoms with E-state index in [4.69, 9.17) is 14.8 Å². The molecule has 1 aliphatic heterocycles. The number of likely N-dealkylation sites (tertiary alicyclic amines) is 1. The number of nitrogens with zero attached hydrogens (tertiary/aromatic N) is 4. The van der Waals surface area contributed by atoms with Crippen LogP contribution < -0.4 is 0 Å². The molecule has 2 heterocycles. The highest BCUT2D eigenvalue weighted by Gasteiger charge is 2.22. The zero-order chi connectivity index (χ0) is 17.5. The largest absolute Gasteiger partial charge is 0.384 e. The second-order valence-corrected chi connectivity index (χ2v) is 6.98. The second-order valence-electron chi connectivity index (χ2n) is 6.98. The van der Waals surface area contributed by atoms with Crippen LogP contribution in [0.5, 0.6) is 0 Å². The molecule has 0 N–H and O–H groups in total. The Labute approximate surface area is 151 Å². The lowest BCUT2D eigenvalue weighted by molar-refractivity contribution is 0.181. The van der Waals surface area contributed by atoms with Crippen molar-refractivity contribution in [1.82, 2.24) is 19.7 Å². The van der Waals surface area contributed by atoms with Crippen molar-refractivity contribution in [3.8, 4) is 0 Å². The highest BCUT2D eigenvalue weighted by Crippen LogP contribution is 2.19. The first kappa shape index (κ1) is 18.1. The van der Waals surface area contributed by atoms with Crippen LogP contribution in [0, 0.1) is 0 Å². The van der Waals surface area contributed by atoms with E-state index < -0.39 is 0 Å². The third-order valence-corrected chi connectivity index (χ3v) is 5.12. The fourth-order valence-electron chi connectivity index (χ4n) is 3.55. The van der Waals surface area contributed by atoms with E-state index in [0.29, 0.717) is 12.6 Å². The molecule has 1 aliphatic rings. The van der Waals surface area contributed by atoms with Crippen molar-refractivity contribution in [3.05, 3.63) is 47.5 Å². The molecule has 1 aromatic carbocycles. The highest BCUT2D eigenvalue weighted by atomic mass is 16.5. The van der Waals surface area contributed by atoms with Gasteiger partial charge in [0, 0.05) is 32.5 Å². The lowest BCUT2D eigenvalue weighted by atomic mass is 10.00. The summed E-state index contributed by atoms with van der Waals surface area (Å²) in [7, 11) is 3.96. The summed E-state index contributed by atoms with van der Waals surface area (Å²) in [6.07, 6.45) is 6.65. The number of aromatic nitrogens is 3. The first-order chi connectivity index (χ1) is 12.3. The van der Waals surface area contributed by atoms with E-state index in [1.54, 1.807) is 7.11 Å². The van der Waals surface area contributed by atoms with Gasteiger partial charge in [-0.1, -0.05) is 36.8 Å². The Balaban J connectivity index is 1.70. The quantitative estimate of drug-likeness (QED) is 0.740. The van der Waals surface area contributed by atoms with E-state index in [0.717, 1.165) is 37.5 Å². The fraction of sp³-hybridized carbons (Fsp3) is 0.600. The van der Waals surface area contributed by atoms with E-state index in [-0.39, 0.29) is 0 Å². The van der Waals surface area contributed by atoms with Crippen LogP contribution >= 0.6 is 0 Å². The first-order valence-corrected chi connectivity index (χ1v) is 9.42. The second kappa shape index (κ2) is 9.11. The molecule has 0 unspecified atom stereocenters. The van der Waals surface area contributed by atoms with Gasteiger partial charge in [0.25, 0.3) is 0 Å². The van der Waals surface area contributed by atoms with Gasteiger partial charge in [-0.25, -0.2) is 9.67 Å². The lowest BCUT2D eigenvalue weighted by Crippen LogP contribution is -2.38. The number of hydrogen-bond acceptors (Lipinski definition) is 4. The average molecular weight is 342 g/mol. The van der Waals surface area contributed by atoms with E-state index >= 15 is 0 Å². The summed E-state index contributed by atoms with van der Waals surface area (Å²) in [4.78, 5) is 7.31. The number of aryl methyl sites for hydroxylation is 2. The van der Waals surface area contributed by atoms with Gasteiger partial charge in [-0.2, -0.15) is 5.10 Å². The predicted molar refractivity (Wildman–Crippen MR) is 99.7 cm³/mol. The molecule has 1 saturated heterocycles. The minimum atomic E-state index is 0.587. The number of hydrogen-bond donors (Lipinski definition) is 0. The Morgan fingerprint density at radius 2 is 2.00 bits per heavy atom. The smallest absolute Gasteiger partial charge is 0.153 e. The van der Waals surface area contributed by atoms with Crippen molar-refractivity contribution in [3.63, 3.8) is 0 Å². The van der Waals surface area contributed by atoms with Gasteiger partial charge in [0.05, 0.1) is 6.61 Å². The Morgan fingerprint density at radius 1 is 1.16 bits per heavy atom. The van der Waals surface area contributed by atoms with E-state index in [2.05, 4.69) is 47.0 Å². The zero-order valence-electron chi connectivity index (χ0n) is 15.5. The molecule has 1 aromatic heterocycles. The summed E-state index contributed by atoms with van der Waals surface area (Å²) in [5, 5.41) is 4.76. The molecular formula is C20H30N4O. The van der Waals surface area contributed by atoms with E-state index in [9.17, 15) is 0 Å². The Bertz CT molecular complexity index is 640. The van der Waals surface area contributed by atoms with Crippen molar-refractivity contribution in [2.24, 2.45) is 0 Å². The average Bonchev–Trinajstić information content (AvgIpc) is 3.03. The molecule has 5 nitrogen and oxygen atoms in total. The SMILES string of the molecule is COCCc1nc(C[C@@H]2CCCCN2C)n(CCc2ccccc2)n1. The summed E-state index contributed by atoms with van der Waals surface area (Å²) in [6, 6.07) is 11.2. The van der Waals surface area contributed by atoms with Gasteiger partial charge < -0.3 is 9.64 Å². The number of ether oxygens (including phenoxy) is 1. The van der Waals surface area contributed by atoms with E-state index in [1.807, 2.05) is 0 Å². The van der Waals surface area contributed by atoms with Crippen molar-refractivity contribution in [1.29, 1.82) is 0 Å². The third kappa shape index (κ3) is 5.13. The van der Waals surface area contributed by atoms with Crippen LogP contribution in [-0.2, 0) is 30.5 Å². The van der Waals surface area contributed by atoms with Crippen LogP contribution in [0.4, 0.5) is 0 Å². The van der Waals surface area contributed by atoms with Gasteiger partial charge in [-0.15, -0.1) is 0 Å². The molecule has 1 atom stereocenters. The molecule has 136 valence electrons. The Morgan fingerprint density at radius 3 is 2.76 bits per heavy atom. The number of rotatable bonds is 8. The molecule has 0 spiro atoms. The molecule has 3 rings (SSSR count). The third-order valence-electron chi connectivity index (χ3n) is 5.12. The first-order valence-electron chi connectivity index (χ1n) is 9.42. The summed E-state index contributed by atoms with van der Waals surface area (Å²) < 4.78 is 7.32. The maximum atomic E-state index is 5.19. The molecule has 0 saturated carbocycles. The Kier molecular flexibility index (Phi) is 6.59. The normalized spacial score (nSPS) is 18.6. The monoisotopic (exact) mass is 342 g/mol. The van der Waals surface area contributed by atoms with Crippen molar-refractivity contribution < 1.29 is 4.74 Å². The summed E-state index contributed by atoms with van der Waals surface area (Å²) in [6.45, 7) is 2.75. The predicted octanol–water partition coefficient (Wildman–Crippen LogP) is 2.74. The minimum Gasteiger partial charge on any atom is -0.384 e. The van der Waals surface area contributed by atoms with Crippen LogP contribution in [0.1, 0.15) is 36.5 Å². The van der Waals surface area contributed by atoms with Gasteiger partial charge in [0.2, 0.25) is 0 Å². The fourth-order valence-corrected chi connectivity index (χ4v) is 3.55. The molecule has 1 fully saturated rings. The maximum Gasteiger partial charge on any atom is 0.153 e. The minimum absolute atomic E-state index is 0.587. The molecule has 0 radical (unpaired) electrons. The number of methoxy groups -OCH3 is 1. The van der Waals surface area contributed by atoms with Crippen LogP contribution in [0.25, 0.3) is 0 Å². The molecule has 25 heavy (non-hydrogen) atoms. The molecule has 2 aromatic rings. The molecule has 0 aliphatic carbocycles. The maximum absolute atomic E-state index is 5.19. The Hall–Kier alpha value is -1.72. The summed E-state index contributed by atoms with van der Waals surface area (Å²) in [5.74, 6) is 2.03. The van der Waals surface area contributed by atoms with Gasteiger partial charge in [-0.3, -0.25) is 0 Å². The zero-order valence-corrected chi connectivity index (χ0v) is 15.5. The van der Waals surface area contributed by atoms with Crippen LogP contribution in [-0.4, -0.2) is 53.0 Å². The standard InChI is InChI=1S/C20H30N4O/c1-23-13-7-6-10-18(23)16-20-21-19(12-15-25-2)22-24(20)14-11-17-8-4-3-5-9-17/h3-5,8-9,18H,6-7,10-16H2,1-2H3/t18-/m0/s1. The number of likely N-dealkylation sites (N-methyl/N-ethyl adjacent to an activating group) is 1. The van der Waals surface area contributed by atoms with Crippen LogP contribution in [0.3, 0.4) is 0 Å². The topological polar surface area (TPSA) is 43.2 Å². The van der Waals surface area contributed by atoms with Crippen molar-refractivity contribution >= 4 is 0 Å². The molecular weight excluding hydrogens is 312 g/mol. The van der Waals surface area contributed by atoms with Gasteiger partial charge >= 0.3 is 0 Å². The molecule has 0 amide bonds. The molecule has 0 bridgehead atoms. The van der Waals surface area contributed by atoms with Gasteiger partial charge in [0.1, 0.15) is 5.82 Å². The van der Waals surface area contributed by atoms with Crippen molar-refractivity contribution in [2.45, 2.75) is 51.1 Å². The van der Waals surface area contributed by atoms with E-state index in [1.165, 1.54) is 31.4 Å². The van der Waals surface area contributed by atoms with Gasteiger partial charge in [-0.05, 0) is 38.4 Å². The highest BCUT2D eigenvalue weighted by molar-refractivity contribution is 5.14. The summed E-state index contributed by atoms with van der Waals surface area (Å²) >= 11 is 0. The molecule has 5 heteroatoms. The number of piperidine rings is 1. The summed E-state index contributed by atoms with van der Waals surface area (Å²) in [5.41, 5.74) is 1.34. The lowest BCUT2D eigenvalue weighted by Gasteiger charge is -2.32. The van der Waals surface area contributed by atoms with Gasteiger partial charge in [0.15, 0.2) is 5.82 Å². The van der Waals surface area contributed by atoms with Crippen LogP contribution in [0.15, 0.2) is 30.3 Å². The van der Waals surface area contributed by atoms with Crippen LogP contribution in [0.2, 0.25) is 0 Å². The van der Waals surface area contributed by atoms with Crippen molar-refractivity contribution in [2.75, 3.05) is 27.3 Å².